The third-order valence-corrected chi connectivity index (χ3v) is 11.5. The second-order valence-corrected chi connectivity index (χ2v) is 14.8. The van der Waals surface area contributed by atoms with Crippen LogP contribution in [0.5, 0.6) is 0 Å². The lowest BCUT2D eigenvalue weighted by Gasteiger charge is -2.19. The number of aromatic nitrogens is 2. The van der Waals surface area contributed by atoms with Crippen molar-refractivity contribution in [2.75, 3.05) is 5.32 Å². The molecule has 0 spiro atoms. The Balaban J connectivity index is 1.19. The molecule has 57 heavy (non-hydrogen) atoms. The van der Waals surface area contributed by atoms with Crippen molar-refractivity contribution in [3.63, 3.8) is 0 Å². The van der Waals surface area contributed by atoms with Gasteiger partial charge in [0.2, 0.25) is 0 Å². The zero-order chi connectivity index (χ0) is 37.6. The van der Waals surface area contributed by atoms with E-state index in [0.717, 1.165) is 98.2 Å². The number of rotatable bonds is 1. The summed E-state index contributed by atoms with van der Waals surface area (Å²) in [6.07, 6.45) is -0.498. The van der Waals surface area contributed by atoms with E-state index in [1.165, 1.54) is 0 Å². The van der Waals surface area contributed by atoms with Crippen LogP contribution in [0.1, 0.15) is 28.4 Å². The Morgan fingerprint density at radius 3 is 1.58 bits per heavy atom. The highest BCUT2D eigenvalue weighted by molar-refractivity contribution is 6.25. The monoisotopic (exact) mass is 732 g/mol. The minimum atomic E-state index is -0.498. The van der Waals surface area contributed by atoms with Crippen LogP contribution in [0, 0.1) is 0 Å². The van der Waals surface area contributed by atoms with Gasteiger partial charge in [0.15, 0.2) is 11.7 Å². The number of nitrogens with one attached hydrogen (secondary N) is 3. The molecule has 3 N–H and O–H groups in total. The molecule has 0 amide bonds. The van der Waals surface area contributed by atoms with Crippen LogP contribution in [0.15, 0.2) is 171 Å². The van der Waals surface area contributed by atoms with E-state index in [2.05, 4.69) is 168 Å². The van der Waals surface area contributed by atoms with E-state index in [9.17, 15) is 0 Å². The fourth-order valence-corrected chi connectivity index (χ4v) is 8.62. The molecule has 0 saturated heterocycles. The molecular weight excluding hydrogens is 701 g/mol. The van der Waals surface area contributed by atoms with Crippen LogP contribution in [0.3, 0.4) is 0 Å². The average molecular weight is 733 g/mol. The standard InChI is InChI=1S/C49H32N8/c1-50-43-36-19-28-11-3-2-10-27(28)18-35(36)26-51-44-37-20-29-12-4-5-13-30(29)21-38(37)46(53-44)55-48-41-24-33-16-8-9-17-34(33)25-42(41)49(57-48)56-47-40-23-32-15-7-6-14-31(32)22-39(40)45(52-43)54-47/h2-25,43,52,54H,1,26H2,(H,51,53,55,56,57). The summed E-state index contributed by atoms with van der Waals surface area (Å²) >= 11 is 0. The minimum absolute atomic E-state index is 0.403. The lowest BCUT2D eigenvalue weighted by Crippen LogP contribution is -2.14. The summed E-state index contributed by atoms with van der Waals surface area (Å²) in [4.78, 5) is 33.2. The molecule has 2 aliphatic heterocycles. The Hall–Kier alpha value is -7.71. The number of aromatic amines is 2. The Kier molecular flexibility index (Phi) is 6.74. The molecule has 0 fully saturated rings. The molecule has 2 aliphatic rings. The number of H-pyrrole nitrogens is 2. The van der Waals surface area contributed by atoms with Crippen molar-refractivity contribution in [2.24, 2.45) is 25.0 Å². The normalized spacial score (nSPS) is 16.0. The molecule has 6 bridgehead atoms. The molecule has 1 unspecified atom stereocenters. The highest BCUT2D eigenvalue weighted by atomic mass is 15.1. The first-order valence-corrected chi connectivity index (χ1v) is 19.1. The van der Waals surface area contributed by atoms with Crippen molar-refractivity contribution in [3.8, 4) is 0 Å². The molecule has 268 valence electrons. The number of anilines is 1. The van der Waals surface area contributed by atoms with Gasteiger partial charge in [0.25, 0.3) is 0 Å². The van der Waals surface area contributed by atoms with E-state index in [0.29, 0.717) is 29.5 Å². The molecule has 0 radical (unpaired) electrons. The maximum atomic E-state index is 5.34. The predicted molar refractivity (Wildman–Crippen MR) is 234 cm³/mol. The summed E-state index contributed by atoms with van der Waals surface area (Å²) in [5, 5.41) is 16.7. The first kappa shape index (κ1) is 31.6. The van der Waals surface area contributed by atoms with Crippen molar-refractivity contribution in [1.82, 2.24) is 9.97 Å². The number of amidine groups is 2. The lowest BCUT2D eigenvalue weighted by atomic mass is 9.98. The smallest absolute Gasteiger partial charge is 0.164 e. The SMILES string of the molecule is C=NC1Nc2[nH]c(c3cc4ccccc4cc23)/N=C2\N=C(N=c3[nH]c(c4cc5ccccc5cc34)=NCc3cc4ccccc4cc31)c1cc3ccccc3cc12. The topological polar surface area (TPSA) is 105 Å². The van der Waals surface area contributed by atoms with Crippen LogP contribution in [0.4, 0.5) is 11.6 Å². The highest BCUT2D eigenvalue weighted by Gasteiger charge is 2.25. The molecule has 4 heterocycles. The summed E-state index contributed by atoms with van der Waals surface area (Å²) in [5.74, 6) is 2.67. The minimum Gasteiger partial charge on any atom is -0.346 e. The van der Waals surface area contributed by atoms with Gasteiger partial charge in [-0.05, 0) is 104 Å². The largest absolute Gasteiger partial charge is 0.346 e. The molecule has 2 aromatic heterocycles. The predicted octanol–water partition coefficient (Wildman–Crippen LogP) is 10.4. The van der Waals surface area contributed by atoms with E-state index in [-0.39, 0.29) is 0 Å². The summed E-state index contributed by atoms with van der Waals surface area (Å²) in [7, 11) is 0. The zero-order valence-corrected chi connectivity index (χ0v) is 30.6. The van der Waals surface area contributed by atoms with Gasteiger partial charge in [0.05, 0.1) is 6.54 Å². The van der Waals surface area contributed by atoms with E-state index in [1.54, 1.807) is 0 Å². The Bertz CT molecular complexity index is 3570. The maximum absolute atomic E-state index is 5.34. The van der Waals surface area contributed by atoms with Crippen molar-refractivity contribution in [2.45, 2.75) is 12.7 Å². The number of aliphatic imine (C=N–C) groups is 3. The fourth-order valence-electron chi connectivity index (χ4n) is 8.62. The molecular formula is C49H32N8. The van der Waals surface area contributed by atoms with Gasteiger partial charge in [0.1, 0.15) is 28.8 Å². The van der Waals surface area contributed by atoms with Crippen LogP contribution in [0.2, 0.25) is 0 Å². The quantitative estimate of drug-likeness (QED) is 0.144. The summed E-state index contributed by atoms with van der Waals surface area (Å²) in [5.41, 5.74) is 5.33. The van der Waals surface area contributed by atoms with Crippen LogP contribution >= 0.6 is 0 Å². The Labute approximate surface area is 325 Å². The molecule has 0 aliphatic carbocycles. The molecule has 12 rings (SSSR count). The van der Waals surface area contributed by atoms with Crippen LogP contribution in [-0.4, -0.2) is 28.4 Å². The molecule has 8 heteroatoms. The molecule has 10 aromatic rings. The third kappa shape index (κ3) is 5.04. The van der Waals surface area contributed by atoms with Gasteiger partial charge < -0.3 is 15.3 Å². The van der Waals surface area contributed by atoms with E-state index in [4.69, 9.17) is 25.0 Å². The zero-order valence-electron chi connectivity index (χ0n) is 30.6. The second kappa shape index (κ2) is 12.1. The summed E-state index contributed by atoms with van der Waals surface area (Å²) < 4.78 is 0. The molecule has 8 aromatic carbocycles. The van der Waals surface area contributed by atoms with Gasteiger partial charge in [-0.3, -0.25) is 9.98 Å². The highest BCUT2D eigenvalue weighted by Crippen LogP contribution is 2.39. The van der Waals surface area contributed by atoms with Gasteiger partial charge in [0, 0.05) is 38.2 Å². The van der Waals surface area contributed by atoms with Gasteiger partial charge in [-0.25, -0.2) is 15.0 Å². The van der Waals surface area contributed by atoms with Gasteiger partial charge in [-0.1, -0.05) is 97.1 Å². The number of benzene rings is 8. The van der Waals surface area contributed by atoms with Gasteiger partial charge >= 0.3 is 0 Å². The number of nitrogens with zero attached hydrogens (tertiary/aromatic N) is 5. The fraction of sp³-hybridized carbons (Fsp3) is 0.0408. The van der Waals surface area contributed by atoms with E-state index < -0.39 is 6.17 Å². The number of fused-ring (bicyclic) bond motifs is 19. The first-order valence-electron chi connectivity index (χ1n) is 19.1. The lowest BCUT2D eigenvalue weighted by molar-refractivity contribution is 0.817. The van der Waals surface area contributed by atoms with Crippen molar-refractivity contribution < 1.29 is 0 Å². The average Bonchev–Trinajstić information content (AvgIpc) is 3.88. The van der Waals surface area contributed by atoms with E-state index >= 15 is 0 Å². The van der Waals surface area contributed by atoms with E-state index in [1.807, 2.05) is 0 Å². The molecule has 0 saturated carbocycles. The summed E-state index contributed by atoms with van der Waals surface area (Å²) in [6, 6.07) is 51.2. The number of hydrogen-bond donors (Lipinski definition) is 3. The van der Waals surface area contributed by atoms with Crippen LogP contribution in [0.25, 0.3) is 64.6 Å². The van der Waals surface area contributed by atoms with Crippen LogP contribution in [-0.2, 0) is 6.54 Å². The van der Waals surface area contributed by atoms with Gasteiger partial charge in [-0.15, -0.1) is 0 Å². The van der Waals surface area contributed by atoms with Crippen molar-refractivity contribution >= 4 is 94.7 Å². The summed E-state index contributed by atoms with van der Waals surface area (Å²) in [6.45, 7) is 4.50. The van der Waals surface area contributed by atoms with Crippen molar-refractivity contribution in [1.29, 1.82) is 0 Å². The van der Waals surface area contributed by atoms with Crippen LogP contribution < -0.4 is 16.3 Å². The van der Waals surface area contributed by atoms with Gasteiger partial charge in [-0.2, -0.15) is 0 Å². The van der Waals surface area contributed by atoms with Crippen molar-refractivity contribution in [3.05, 3.63) is 179 Å². The molecule has 1 atom stereocenters. The Morgan fingerprint density at radius 1 is 0.491 bits per heavy atom. The number of hydrogen-bond acceptors (Lipinski definition) is 6. The second-order valence-electron chi connectivity index (χ2n) is 14.8. The Morgan fingerprint density at radius 2 is 0.982 bits per heavy atom. The third-order valence-electron chi connectivity index (χ3n) is 11.5. The molecule has 8 nitrogen and oxygen atoms in total. The first-order chi connectivity index (χ1) is 28.1. The maximum Gasteiger partial charge on any atom is 0.164 e.